The fraction of sp³-hybridized carbons (Fsp3) is 0.438. The zero-order chi connectivity index (χ0) is 27.8. The molecule has 2 amide bonds. The summed E-state index contributed by atoms with van der Waals surface area (Å²) in [5, 5.41) is 0. The number of fused-ring (bicyclic) bond motifs is 1. The maximum atomic E-state index is 13.7. The minimum atomic E-state index is -0.156. The molecule has 1 aromatic heterocycles. The number of carbonyl (C=O) groups excluding carboxylic acids is 2. The van der Waals surface area contributed by atoms with E-state index in [9.17, 15) is 9.59 Å². The predicted molar refractivity (Wildman–Crippen MR) is 151 cm³/mol. The molecule has 0 unspecified atom stereocenters. The van der Waals surface area contributed by atoms with E-state index in [1.807, 2.05) is 75.4 Å². The molecule has 0 spiro atoms. The van der Waals surface area contributed by atoms with E-state index in [-0.39, 0.29) is 31.2 Å². The normalized spacial score (nSPS) is 12.1. The third-order valence-electron chi connectivity index (χ3n) is 7.02. The summed E-state index contributed by atoms with van der Waals surface area (Å²) in [5.74, 6) is 2.54. The number of nitrogens with zero attached hydrogens (tertiary/aromatic N) is 2. The first-order valence-electron chi connectivity index (χ1n) is 14.0. The van der Waals surface area contributed by atoms with E-state index in [4.69, 9.17) is 13.9 Å². The van der Waals surface area contributed by atoms with E-state index in [1.54, 1.807) is 9.80 Å². The number of benzene rings is 2. The molecule has 0 radical (unpaired) electrons. The minimum Gasteiger partial charge on any atom is -0.464 e. The molecule has 7 nitrogen and oxygen atoms in total. The molecule has 3 aromatic rings. The lowest BCUT2D eigenvalue weighted by molar-refractivity contribution is -0.133. The largest absolute Gasteiger partial charge is 0.464 e. The lowest BCUT2D eigenvalue weighted by Crippen LogP contribution is -2.45. The Balaban J connectivity index is 1.47. The fourth-order valence-electron chi connectivity index (χ4n) is 4.72. The second-order valence-corrected chi connectivity index (χ2v) is 10.5. The van der Waals surface area contributed by atoms with Crippen molar-refractivity contribution in [1.82, 2.24) is 9.80 Å². The quantitative estimate of drug-likeness (QED) is 0.234. The Labute approximate surface area is 231 Å². The van der Waals surface area contributed by atoms with Gasteiger partial charge in [-0.3, -0.25) is 9.59 Å². The van der Waals surface area contributed by atoms with Gasteiger partial charge in [0.1, 0.15) is 18.1 Å². The highest BCUT2D eigenvalue weighted by atomic mass is 16.7. The highest BCUT2D eigenvalue weighted by Gasteiger charge is 2.26. The van der Waals surface area contributed by atoms with Gasteiger partial charge in [0.05, 0.1) is 6.54 Å². The van der Waals surface area contributed by atoms with Crippen molar-refractivity contribution in [2.45, 2.75) is 78.9 Å². The van der Waals surface area contributed by atoms with Gasteiger partial charge in [-0.15, -0.1) is 0 Å². The van der Waals surface area contributed by atoms with Crippen molar-refractivity contribution >= 4 is 11.8 Å². The van der Waals surface area contributed by atoms with Gasteiger partial charge in [0, 0.05) is 18.2 Å². The lowest BCUT2D eigenvalue weighted by atomic mass is 10.0. The van der Waals surface area contributed by atoms with Crippen molar-refractivity contribution in [3.8, 4) is 11.5 Å². The van der Waals surface area contributed by atoms with Gasteiger partial charge in [-0.2, -0.15) is 0 Å². The number of carbonyl (C=O) groups is 2. The van der Waals surface area contributed by atoms with E-state index in [1.165, 1.54) is 24.8 Å². The Morgan fingerprint density at radius 2 is 1.62 bits per heavy atom. The van der Waals surface area contributed by atoms with E-state index in [0.717, 1.165) is 24.2 Å². The monoisotopic (exact) mass is 532 g/mol. The predicted octanol–water partition coefficient (Wildman–Crippen LogP) is 6.52. The summed E-state index contributed by atoms with van der Waals surface area (Å²) in [7, 11) is 0. The smallest absolute Gasteiger partial charge is 0.254 e. The van der Waals surface area contributed by atoms with Crippen LogP contribution in [0.5, 0.6) is 11.5 Å². The molecule has 0 bridgehead atoms. The average molecular weight is 533 g/mol. The summed E-state index contributed by atoms with van der Waals surface area (Å²) in [5.41, 5.74) is 2.74. The molecule has 39 heavy (non-hydrogen) atoms. The van der Waals surface area contributed by atoms with E-state index >= 15 is 0 Å². The van der Waals surface area contributed by atoms with Crippen LogP contribution in [0.2, 0.25) is 0 Å². The summed E-state index contributed by atoms with van der Waals surface area (Å²) in [6, 6.07) is 17.1. The van der Waals surface area contributed by atoms with Crippen LogP contribution in [0.15, 0.2) is 59.0 Å². The lowest BCUT2D eigenvalue weighted by Gasteiger charge is -2.30. The molecule has 1 aliphatic heterocycles. The van der Waals surface area contributed by atoms with Gasteiger partial charge >= 0.3 is 0 Å². The van der Waals surface area contributed by atoms with E-state index in [0.29, 0.717) is 35.9 Å². The number of aryl methyl sites for hydroxylation is 2. The zero-order valence-corrected chi connectivity index (χ0v) is 23.6. The number of unbranched alkanes of at least 4 members (excludes halogenated alkanes) is 3. The van der Waals surface area contributed by atoms with Crippen LogP contribution >= 0.6 is 0 Å². The molecule has 0 saturated carbocycles. The van der Waals surface area contributed by atoms with Crippen molar-refractivity contribution in [2.75, 3.05) is 13.3 Å². The van der Waals surface area contributed by atoms with Gasteiger partial charge < -0.3 is 23.7 Å². The molecule has 2 heterocycles. The molecular weight excluding hydrogens is 492 g/mol. The molecule has 0 saturated heterocycles. The zero-order valence-electron chi connectivity index (χ0n) is 23.6. The number of ether oxygens (including phenoxy) is 2. The van der Waals surface area contributed by atoms with Crippen molar-refractivity contribution in [3.63, 3.8) is 0 Å². The average Bonchev–Trinajstić information content (AvgIpc) is 3.57. The van der Waals surface area contributed by atoms with Crippen molar-refractivity contribution < 1.29 is 23.5 Å². The number of hydrogen-bond donors (Lipinski definition) is 0. The molecule has 0 N–H and O–H groups in total. The van der Waals surface area contributed by atoms with Crippen LogP contribution in [0.1, 0.15) is 79.5 Å². The maximum absolute atomic E-state index is 13.7. The molecule has 4 rings (SSSR count). The van der Waals surface area contributed by atoms with Crippen LogP contribution < -0.4 is 9.47 Å². The second kappa shape index (κ2) is 13.4. The Morgan fingerprint density at radius 1 is 0.872 bits per heavy atom. The first-order chi connectivity index (χ1) is 18.8. The summed E-state index contributed by atoms with van der Waals surface area (Å²) >= 11 is 0. The Hall–Kier alpha value is -3.74. The van der Waals surface area contributed by atoms with Gasteiger partial charge in [-0.1, -0.05) is 44.4 Å². The number of rotatable bonds is 13. The molecule has 1 aliphatic rings. The van der Waals surface area contributed by atoms with Crippen molar-refractivity contribution in [3.05, 3.63) is 82.8 Å². The van der Waals surface area contributed by atoms with Gasteiger partial charge in [-0.05, 0) is 81.1 Å². The van der Waals surface area contributed by atoms with Crippen LogP contribution in [0.3, 0.4) is 0 Å². The van der Waals surface area contributed by atoms with Gasteiger partial charge in [-0.25, -0.2) is 0 Å². The molecule has 0 aliphatic carbocycles. The second-order valence-electron chi connectivity index (χ2n) is 10.5. The fourth-order valence-corrected chi connectivity index (χ4v) is 4.72. The van der Waals surface area contributed by atoms with Gasteiger partial charge in [0.25, 0.3) is 5.91 Å². The van der Waals surface area contributed by atoms with Gasteiger partial charge in [0.15, 0.2) is 11.5 Å². The van der Waals surface area contributed by atoms with Gasteiger partial charge in [0.2, 0.25) is 12.7 Å². The Morgan fingerprint density at radius 3 is 2.31 bits per heavy atom. The summed E-state index contributed by atoms with van der Waals surface area (Å²) < 4.78 is 16.7. The van der Waals surface area contributed by atoms with E-state index in [2.05, 4.69) is 6.92 Å². The van der Waals surface area contributed by atoms with E-state index < -0.39 is 0 Å². The van der Waals surface area contributed by atoms with Crippen LogP contribution in [0.4, 0.5) is 0 Å². The maximum Gasteiger partial charge on any atom is 0.254 e. The topological polar surface area (TPSA) is 72.2 Å². The number of furan rings is 1. The Bertz CT molecular complexity index is 1250. The first-order valence-corrected chi connectivity index (χ1v) is 14.0. The highest BCUT2D eigenvalue weighted by Crippen LogP contribution is 2.33. The summed E-state index contributed by atoms with van der Waals surface area (Å²) in [6.45, 7) is 8.77. The van der Waals surface area contributed by atoms with Crippen LogP contribution in [0, 0.1) is 6.92 Å². The van der Waals surface area contributed by atoms with Crippen LogP contribution in [-0.2, 0) is 24.3 Å². The minimum absolute atomic E-state index is 0.0283. The molecular formula is C32H40N2O5. The number of hydrogen-bond acceptors (Lipinski definition) is 5. The molecule has 208 valence electrons. The van der Waals surface area contributed by atoms with Crippen LogP contribution in [-0.4, -0.2) is 41.0 Å². The van der Waals surface area contributed by atoms with Crippen molar-refractivity contribution in [1.29, 1.82) is 0 Å². The SMILES string of the molecule is CCCCCCc1ccc(C(=O)N(CC(=O)N(Cc2ccc3c(c2)OCO3)Cc2ccc(C)o2)C(C)C)cc1. The number of amides is 2. The van der Waals surface area contributed by atoms with Crippen LogP contribution in [0.25, 0.3) is 0 Å². The highest BCUT2D eigenvalue weighted by molar-refractivity contribution is 5.96. The standard InChI is InChI=1S/C32H40N2O5/c1-5-6-7-8-9-25-11-14-27(15-12-25)32(36)34(23(2)3)21-31(35)33(20-28-16-10-24(4)39-28)19-26-13-17-29-30(18-26)38-22-37-29/h10-18,23H,5-9,19-22H2,1-4H3. The summed E-state index contributed by atoms with van der Waals surface area (Å²) in [4.78, 5) is 30.6. The third kappa shape index (κ3) is 7.65. The first kappa shape index (κ1) is 28.3. The molecule has 7 heteroatoms. The van der Waals surface area contributed by atoms with Crippen molar-refractivity contribution in [2.24, 2.45) is 0 Å². The molecule has 0 fully saturated rings. The Kier molecular flexibility index (Phi) is 9.69. The third-order valence-corrected chi connectivity index (χ3v) is 7.02. The summed E-state index contributed by atoms with van der Waals surface area (Å²) in [6.07, 6.45) is 5.86. The molecule has 2 aromatic carbocycles. The molecule has 0 atom stereocenters.